The molecule has 6 heteroatoms. The van der Waals surface area contributed by atoms with E-state index in [1.165, 1.54) is 199 Å². The van der Waals surface area contributed by atoms with Crippen molar-refractivity contribution >= 4 is 17.9 Å². The van der Waals surface area contributed by atoms with E-state index < -0.39 is 12.1 Å². The van der Waals surface area contributed by atoms with Crippen LogP contribution >= 0.6 is 0 Å². The predicted molar refractivity (Wildman–Crippen MR) is 339 cm³/mol. The van der Waals surface area contributed by atoms with Gasteiger partial charge in [-0.2, -0.15) is 0 Å². The fraction of sp³-hybridized carbons (Fsp3) is 0.764. The largest absolute Gasteiger partial charge is 0.462 e. The Kier molecular flexibility index (Phi) is 63.2. The van der Waals surface area contributed by atoms with E-state index in [-0.39, 0.29) is 31.6 Å². The summed E-state index contributed by atoms with van der Waals surface area (Å²) >= 11 is 0. The molecule has 0 spiro atoms. The van der Waals surface area contributed by atoms with Gasteiger partial charge in [-0.25, -0.2) is 0 Å². The van der Waals surface area contributed by atoms with Crippen molar-refractivity contribution in [1.82, 2.24) is 0 Å². The van der Waals surface area contributed by atoms with E-state index in [2.05, 4.69) is 99.8 Å². The Morgan fingerprint density at radius 2 is 0.526 bits per heavy atom. The van der Waals surface area contributed by atoms with Gasteiger partial charge >= 0.3 is 17.9 Å². The first-order valence-electron chi connectivity index (χ1n) is 33.6. The first kappa shape index (κ1) is 74.6. The molecule has 0 radical (unpaired) electrons. The van der Waals surface area contributed by atoms with Gasteiger partial charge in [-0.05, 0) is 83.5 Å². The van der Waals surface area contributed by atoms with Crippen molar-refractivity contribution in [3.63, 3.8) is 0 Å². The van der Waals surface area contributed by atoms with Crippen LogP contribution in [0.5, 0.6) is 0 Å². The summed E-state index contributed by atoms with van der Waals surface area (Å²) in [6, 6.07) is 0. The van der Waals surface area contributed by atoms with Gasteiger partial charge in [-0.3, -0.25) is 14.4 Å². The van der Waals surface area contributed by atoms with E-state index in [9.17, 15) is 14.4 Å². The van der Waals surface area contributed by atoms with E-state index in [1.54, 1.807) is 0 Å². The van der Waals surface area contributed by atoms with Crippen molar-refractivity contribution in [3.05, 3.63) is 85.1 Å². The quantitative estimate of drug-likeness (QED) is 0.0261. The van der Waals surface area contributed by atoms with Gasteiger partial charge in [0, 0.05) is 19.3 Å². The number of carbonyl (C=O) groups excluding carboxylic acids is 3. The highest BCUT2D eigenvalue weighted by atomic mass is 16.6. The first-order valence-corrected chi connectivity index (χ1v) is 33.6. The summed E-state index contributed by atoms with van der Waals surface area (Å²) in [4.78, 5) is 38.3. The topological polar surface area (TPSA) is 78.9 Å². The van der Waals surface area contributed by atoms with Gasteiger partial charge < -0.3 is 14.2 Å². The van der Waals surface area contributed by atoms with Crippen LogP contribution in [0.2, 0.25) is 0 Å². The van der Waals surface area contributed by atoms with Crippen molar-refractivity contribution < 1.29 is 28.6 Å². The third-order valence-corrected chi connectivity index (χ3v) is 14.6. The molecule has 0 saturated carbocycles. The second kappa shape index (κ2) is 66.1. The molecule has 1 atom stereocenters. The van der Waals surface area contributed by atoms with Crippen LogP contribution in [0.15, 0.2) is 85.1 Å². The minimum atomic E-state index is -0.820. The molecule has 0 aliphatic carbocycles. The van der Waals surface area contributed by atoms with Gasteiger partial charge in [0.15, 0.2) is 6.10 Å². The Morgan fingerprint density at radius 3 is 0.846 bits per heavy atom. The molecule has 0 heterocycles. The van der Waals surface area contributed by atoms with E-state index in [4.69, 9.17) is 14.2 Å². The number of allylic oxidation sites excluding steroid dienone is 14. The first-order chi connectivity index (χ1) is 38.5. The van der Waals surface area contributed by atoms with Crippen molar-refractivity contribution in [2.45, 2.75) is 341 Å². The fourth-order valence-corrected chi connectivity index (χ4v) is 9.64. The Bertz CT molecular complexity index is 1480. The lowest BCUT2D eigenvalue weighted by Crippen LogP contribution is -2.30. The van der Waals surface area contributed by atoms with E-state index in [0.29, 0.717) is 19.3 Å². The zero-order chi connectivity index (χ0) is 56.4. The van der Waals surface area contributed by atoms with Crippen LogP contribution in [-0.4, -0.2) is 37.2 Å². The number of esters is 3. The molecule has 6 nitrogen and oxygen atoms in total. The highest BCUT2D eigenvalue weighted by Crippen LogP contribution is 2.18. The molecular formula is C72H126O6. The summed E-state index contributed by atoms with van der Waals surface area (Å²) in [5.41, 5.74) is 0. The van der Waals surface area contributed by atoms with Crippen LogP contribution in [0.25, 0.3) is 0 Å². The number of ether oxygens (including phenoxy) is 3. The molecule has 450 valence electrons. The highest BCUT2D eigenvalue weighted by Gasteiger charge is 2.19. The molecule has 78 heavy (non-hydrogen) atoms. The molecular weight excluding hydrogens is 961 g/mol. The normalized spacial score (nSPS) is 12.6. The Balaban J connectivity index is 4.30. The molecule has 0 aromatic heterocycles. The molecule has 0 aliphatic heterocycles. The molecule has 0 aromatic rings. The SMILES string of the molecule is CC/C=C\C/C=C\C/C=C\C/C=C\C/C=C\C/C=C\CCC(=O)OC(COC(=O)CCCCCCC/C=C\CCCCCC)COC(=O)CCCCCCCCCCCCCCCCCCCCCCCCCCCCCC. The van der Waals surface area contributed by atoms with Crippen molar-refractivity contribution in [3.8, 4) is 0 Å². The lowest BCUT2D eigenvalue weighted by Gasteiger charge is -2.18. The standard InChI is InChI=1S/C72H126O6/c1-4-7-10-13-16-19-22-25-27-29-31-32-33-34-35-36-37-38-39-41-42-44-47-50-53-56-59-62-65-71(74)77-68-69(67-76-70(73)64-61-58-55-52-49-46-24-21-18-15-12-9-6-3)78-72(75)66-63-60-57-54-51-48-45-43-40-30-28-26-23-20-17-14-11-8-5-2/h8,11,17,20-21,24,26,28,40,43,48,51,57,60,69H,4-7,9-10,12-16,18-19,22-23,25,27,29-39,41-42,44-47,49-50,52-56,58-59,61-68H2,1-3H3/b11-8-,20-17-,24-21-,28-26-,43-40-,51-48-,60-57-. The highest BCUT2D eigenvalue weighted by molar-refractivity contribution is 5.71. The summed E-state index contributed by atoms with van der Waals surface area (Å²) in [7, 11) is 0. The monoisotopic (exact) mass is 1090 g/mol. The van der Waals surface area contributed by atoms with Gasteiger partial charge in [-0.15, -0.1) is 0 Å². The van der Waals surface area contributed by atoms with Crippen LogP contribution < -0.4 is 0 Å². The summed E-state index contributed by atoms with van der Waals surface area (Å²) < 4.78 is 16.8. The Hall–Kier alpha value is -3.41. The van der Waals surface area contributed by atoms with Gasteiger partial charge in [0.1, 0.15) is 13.2 Å². The van der Waals surface area contributed by atoms with Crippen LogP contribution in [-0.2, 0) is 28.6 Å². The van der Waals surface area contributed by atoms with Crippen molar-refractivity contribution in [1.29, 1.82) is 0 Å². The van der Waals surface area contributed by atoms with Crippen LogP contribution in [0, 0.1) is 0 Å². The van der Waals surface area contributed by atoms with Crippen LogP contribution in [0.1, 0.15) is 335 Å². The minimum absolute atomic E-state index is 0.107. The number of hydrogen-bond acceptors (Lipinski definition) is 6. The number of carbonyl (C=O) groups is 3. The molecule has 0 fully saturated rings. The Labute approximate surface area is 484 Å². The molecule has 0 amide bonds. The molecule has 0 rings (SSSR count). The molecule has 0 N–H and O–H groups in total. The smallest absolute Gasteiger partial charge is 0.306 e. The molecule has 1 unspecified atom stereocenters. The number of unbranched alkanes of at least 4 members (excludes halogenated alkanes) is 36. The minimum Gasteiger partial charge on any atom is -0.462 e. The maximum atomic E-state index is 12.9. The number of hydrogen-bond donors (Lipinski definition) is 0. The lowest BCUT2D eigenvalue weighted by molar-refractivity contribution is -0.166. The zero-order valence-corrected chi connectivity index (χ0v) is 51.7. The zero-order valence-electron chi connectivity index (χ0n) is 51.7. The molecule has 0 bridgehead atoms. The summed E-state index contributed by atoms with van der Waals surface area (Å²) in [6.07, 6.45) is 87.7. The molecule has 0 aromatic carbocycles. The summed E-state index contributed by atoms with van der Waals surface area (Å²) in [6.45, 7) is 6.48. The van der Waals surface area contributed by atoms with E-state index >= 15 is 0 Å². The maximum absolute atomic E-state index is 12.9. The average Bonchev–Trinajstić information content (AvgIpc) is 3.44. The summed E-state index contributed by atoms with van der Waals surface area (Å²) in [5, 5.41) is 0. The maximum Gasteiger partial charge on any atom is 0.306 e. The Morgan fingerprint density at radius 1 is 0.269 bits per heavy atom. The fourth-order valence-electron chi connectivity index (χ4n) is 9.64. The van der Waals surface area contributed by atoms with Crippen molar-refractivity contribution in [2.24, 2.45) is 0 Å². The third kappa shape index (κ3) is 63.4. The second-order valence-corrected chi connectivity index (χ2v) is 22.4. The summed E-state index contributed by atoms with van der Waals surface area (Å²) in [5.74, 6) is -0.987. The van der Waals surface area contributed by atoms with Crippen LogP contribution in [0.3, 0.4) is 0 Å². The van der Waals surface area contributed by atoms with E-state index in [0.717, 1.165) is 89.9 Å². The average molecular weight is 1090 g/mol. The van der Waals surface area contributed by atoms with Gasteiger partial charge in [0.2, 0.25) is 0 Å². The third-order valence-electron chi connectivity index (χ3n) is 14.6. The van der Waals surface area contributed by atoms with Gasteiger partial charge in [0.25, 0.3) is 0 Å². The van der Waals surface area contributed by atoms with Crippen LogP contribution in [0.4, 0.5) is 0 Å². The molecule has 0 aliphatic rings. The predicted octanol–water partition coefficient (Wildman–Crippen LogP) is 23.1. The van der Waals surface area contributed by atoms with Crippen molar-refractivity contribution in [2.75, 3.05) is 13.2 Å². The lowest BCUT2D eigenvalue weighted by atomic mass is 10.0. The molecule has 0 saturated heterocycles. The second-order valence-electron chi connectivity index (χ2n) is 22.4. The van der Waals surface area contributed by atoms with Gasteiger partial charge in [0.05, 0.1) is 0 Å². The van der Waals surface area contributed by atoms with E-state index in [1.807, 2.05) is 6.08 Å². The number of rotatable bonds is 61. The van der Waals surface area contributed by atoms with Gasteiger partial charge in [-0.1, -0.05) is 318 Å².